The Hall–Kier alpha value is -1.23. The molecule has 7 nitrogen and oxygen atoms in total. The molecule has 2 aliphatic heterocycles. The first-order valence-corrected chi connectivity index (χ1v) is 9.21. The Morgan fingerprint density at radius 2 is 2.04 bits per heavy atom. The average Bonchev–Trinajstić information content (AvgIpc) is 3.15. The number of esters is 1. The zero-order valence-electron chi connectivity index (χ0n) is 14.1. The molecule has 0 aliphatic carbocycles. The number of hydrogen-bond donors (Lipinski definition) is 0. The molecule has 2 fully saturated rings. The van der Waals surface area contributed by atoms with Crippen molar-refractivity contribution in [2.24, 2.45) is 0 Å². The van der Waals surface area contributed by atoms with Crippen LogP contribution in [0.3, 0.4) is 0 Å². The van der Waals surface area contributed by atoms with Gasteiger partial charge in [0.1, 0.15) is 28.6 Å². The van der Waals surface area contributed by atoms with E-state index >= 15 is 0 Å². The van der Waals surface area contributed by atoms with Crippen molar-refractivity contribution >= 4 is 39.5 Å². The molecule has 2 saturated heterocycles. The average molecular weight is 458 g/mol. The van der Waals surface area contributed by atoms with E-state index in [0.717, 1.165) is 14.6 Å². The van der Waals surface area contributed by atoms with Crippen LogP contribution in [0.5, 0.6) is 0 Å². The van der Waals surface area contributed by atoms with Gasteiger partial charge in [-0.2, -0.15) is 5.10 Å². The molecule has 134 valence electrons. The van der Waals surface area contributed by atoms with E-state index in [9.17, 15) is 4.79 Å². The molecule has 1 aromatic carbocycles. The maximum absolute atomic E-state index is 11.2. The summed E-state index contributed by atoms with van der Waals surface area (Å²) in [5.41, 5.74) is 0.970. The van der Waals surface area contributed by atoms with Gasteiger partial charge in [-0.15, -0.1) is 0 Å². The number of aromatic nitrogens is 2. The lowest BCUT2D eigenvalue weighted by molar-refractivity contribution is -0.203. The summed E-state index contributed by atoms with van der Waals surface area (Å²) in [5, 5.41) is 5.70. The van der Waals surface area contributed by atoms with Gasteiger partial charge in [0.05, 0.1) is 5.52 Å². The van der Waals surface area contributed by atoms with Crippen LogP contribution in [0.2, 0.25) is 0 Å². The third kappa shape index (κ3) is 3.05. The number of carbonyl (C=O) groups excluding carboxylic acids is 1. The molecule has 0 radical (unpaired) electrons. The Bertz CT molecular complexity index is 820. The maximum atomic E-state index is 11.2. The molecule has 2 aromatic rings. The molecule has 0 saturated carbocycles. The number of hydrogen-bond acceptors (Lipinski definition) is 6. The number of fused-ring (bicyclic) bond motifs is 2. The molecule has 0 unspecified atom stereocenters. The largest absolute Gasteiger partial charge is 0.463 e. The minimum atomic E-state index is -0.720. The molecule has 0 bridgehead atoms. The predicted molar refractivity (Wildman–Crippen MR) is 96.8 cm³/mol. The van der Waals surface area contributed by atoms with Gasteiger partial charge in [-0.1, -0.05) is 18.2 Å². The van der Waals surface area contributed by atoms with Crippen LogP contribution in [0, 0.1) is 3.70 Å². The van der Waals surface area contributed by atoms with E-state index in [2.05, 4.69) is 27.7 Å². The molecule has 0 N–H and O–H groups in total. The van der Waals surface area contributed by atoms with Crippen LogP contribution in [0.25, 0.3) is 10.9 Å². The molecule has 4 atom stereocenters. The van der Waals surface area contributed by atoms with Gasteiger partial charge < -0.3 is 18.9 Å². The second-order valence-electron chi connectivity index (χ2n) is 6.68. The maximum Gasteiger partial charge on any atom is 0.302 e. The lowest BCUT2D eigenvalue weighted by Gasteiger charge is -2.24. The van der Waals surface area contributed by atoms with E-state index in [1.807, 2.05) is 42.8 Å². The summed E-state index contributed by atoms with van der Waals surface area (Å²) in [4.78, 5) is 11.2. The molecular formula is C17H19IN2O5. The van der Waals surface area contributed by atoms with Crippen molar-refractivity contribution in [1.82, 2.24) is 9.78 Å². The lowest BCUT2D eigenvalue weighted by Crippen LogP contribution is -2.33. The second kappa shape index (κ2) is 6.19. The monoisotopic (exact) mass is 458 g/mol. The zero-order valence-corrected chi connectivity index (χ0v) is 16.3. The highest BCUT2D eigenvalue weighted by atomic mass is 127. The van der Waals surface area contributed by atoms with Crippen LogP contribution in [0.4, 0.5) is 0 Å². The number of benzene rings is 1. The van der Waals surface area contributed by atoms with Gasteiger partial charge in [0.2, 0.25) is 0 Å². The van der Waals surface area contributed by atoms with Gasteiger partial charge in [0.25, 0.3) is 0 Å². The standard InChI is InChI=1S/C17H19IN2O5/c1-9(21)22-8-12-13-14(25-17(2,3)24-13)16(23-12)20-11-7-5-4-6-10(11)15(18)19-20/h4-7,12-14,16H,8H2,1-3H3/t12-,13-,14-,16-/m1/s1. The van der Waals surface area contributed by atoms with Crippen LogP contribution < -0.4 is 0 Å². The number of rotatable bonds is 3. The van der Waals surface area contributed by atoms with Crippen LogP contribution in [0.1, 0.15) is 27.0 Å². The van der Waals surface area contributed by atoms with Crippen LogP contribution >= 0.6 is 22.6 Å². The van der Waals surface area contributed by atoms with Gasteiger partial charge in [-0.25, -0.2) is 4.68 Å². The van der Waals surface area contributed by atoms with E-state index in [-0.39, 0.29) is 24.8 Å². The Kier molecular flexibility index (Phi) is 4.25. The smallest absolute Gasteiger partial charge is 0.302 e. The first-order valence-electron chi connectivity index (χ1n) is 8.13. The van der Waals surface area contributed by atoms with Crippen molar-refractivity contribution in [3.8, 4) is 0 Å². The van der Waals surface area contributed by atoms with E-state index in [1.54, 1.807) is 0 Å². The number of para-hydroxylation sites is 1. The Labute approximate surface area is 158 Å². The van der Waals surface area contributed by atoms with Gasteiger partial charge in [0.15, 0.2) is 12.0 Å². The summed E-state index contributed by atoms with van der Waals surface area (Å²) in [6, 6.07) is 7.98. The van der Waals surface area contributed by atoms with Gasteiger partial charge >= 0.3 is 5.97 Å². The van der Waals surface area contributed by atoms with Gasteiger partial charge in [-0.3, -0.25) is 4.79 Å². The SMILES string of the molecule is CC(=O)OC[C@H]1O[C@@H](n2nc(I)c3ccccc32)[C@@H]2OC(C)(C)O[C@@H]21. The zero-order chi connectivity index (χ0) is 17.8. The summed E-state index contributed by atoms with van der Waals surface area (Å²) in [6.45, 7) is 5.25. The molecule has 1 aromatic heterocycles. The summed E-state index contributed by atoms with van der Waals surface area (Å²) < 4.78 is 26.1. The van der Waals surface area contributed by atoms with Crippen molar-refractivity contribution in [1.29, 1.82) is 0 Å². The van der Waals surface area contributed by atoms with E-state index in [1.165, 1.54) is 6.92 Å². The fourth-order valence-electron chi connectivity index (χ4n) is 3.43. The Balaban J connectivity index is 1.70. The summed E-state index contributed by atoms with van der Waals surface area (Å²) in [6.07, 6.45) is -1.49. The molecule has 0 spiro atoms. The summed E-state index contributed by atoms with van der Waals surface area (Å²) in [5.74, 6) is -1.07. The van der Waals surface area contributed by atoms with Crippen LogP contribution in [0.15, 0.2) is 24.3 Å². The minimum absolute atomic E-state index is 0.128. The van der Waals surface area contributed by atoms with Crippen molar-refractivity contribution in [2.45, 2.75) is 51.1 Å². The molecule has 8 heteroatoms. The van der Waals surface area contributed by atoms with E-state index in [4.69, 9.17) is 18.9 Å². The number of ether oxygens (including phenoxy) is 4. The third-order valence-corrected chi connectivity index (χ3v) is 5.18. The summed E-state index contributed by atoms with van der Waals surface area (Å²) in [7, 11) is 0. The minimum Gasteiger partial charge on any atom is -0.463 e. The molecule has 2 aliphatic rings. The lowest BCUT2D eigenvalue weighted by atomic mass is 10.1. The Morgan fingerprint density at radius 1 is 1.32 bits per heavy atom. The van der Waals surface area contributed by atoms with E-state index < -0.39 is 18.1 Å². The predicted octanol–water partition coefficient (Wildman–Crippen LogP) is 2.62. The second-order valence-corrected chi connectivity index (χ2v) is 7.71. The molecule has 3 heterocycles. The highest BCUT2D eigenvalue weighted by molar-refractivity contribution is 14.1. The van der Waals surface area contributed by atoms with Crippen molar-refractivity contribution in [2.75, 3.05) is 6.61 Å². The van der Waals surface area contributed by atoms with Gasteiger partial charge in [0, 0.05) is 12.3 Å². The number of halogens is 1. The number of nitrogens with zero attached hydrogens (tertiary/aromatic N) is 2. The van der Waals surface area contributed by atoms with Gasteiger partial charge in [-0.05, 0) is 42.5 Å². The first kappa shape index (κ1) is 17.2. The van der Waals surface area contributed by atoms with Crippen LogP contribution in [-0.2, 0) is 23.7 Å². The van der Waals surface area contributed by atoms with Crippen molar-refractivity contribution in [3.05, 3.63) is 28.0 Å². The molecule has 4 rings (SSSR count). The molecule has 25 heavy (non-hydrogen) atoms. The fraction of sp³-hybridized carbons (Fsp3) is 0.529. The fourth-order valence-corrected chi connectivity index (χ4v) is 4.12. The number of carbonyl (C=O) groups is 1. The van der Waals surface area contributed by atoms with E-state index in [0.29, 0.717) is 0 Å². The quantitative estimate of drug-likeness (QED) is 0.521. The summed E-state index contributed by atoms with van der Waals surface area (Å²) >= 11 is 2.21. The van der Waals surface area contributed by atoms with Crippen molar-refractivity contribution in [3.63, 3.8) is 0 Å². The van der Waals surface area contributed by atoms with Crippen LogP contribution in [-0.4, -0.2) is 46.5 Å². The normalized spacial score (nSPS) is 30.6. The first-order chi connectivity index (χ1) is 11.9. The molecule has 0 amide bonds. The molecular weight excluding hydrogens is 439 g/mol. The highest BCUT2D eigenvalue weighted by Crippen LogP contribution is 2.44. The topological polar surface area (TPSA) is 71.8 Å². The third-order valence-electron chi connectivity index (χ3n) is 4.39. The Morgan fingerprint density at radius 3 is 2.80 bits per heavy atom. The highest BCUT2D eigenvalue weighted by Gasteiger charge is 2.56. The van der Waals surface area contributed by atoms with Crippen molar-refractivity contribution < 1.29 is 23.7 Å².